The van der Waals surface area contributed by atoms with Crippen LogP contribution in [0.5, 0.6) is 0 Å². The zero-order chi connectivity index (χ0) is 32.4. The molecule has 0 radical (unpaired) electrons. The number of piperidine rings is 1. The summed E-state index contributed by atoms with van der Waals surface area (Å²) in [5.74, 6) is -2.94. The van der Waals surface area contributed by atoms with Crippen molar-refractivity contribution in [2.75, 3.05) is 10.6 Å². The number of aromatic nitrogens is 1. The summed E-state index contributed by atoms with van der Waals surface area (Å²) in [5, 5.41) is 7.49. The molecule has 1 saturated carbocycles. The lowest BCUT2D eigenvalue weighted by atomic mass is 9.80. The number of nitrogens with one attached hydrogen (secondary N) is 3. The first-order chi connectivity index (χ1) is 22.2. The number of allylic oxidation sites excluding steroid dienone is 1. The Hall–Kier alpha value is -5.98. The van der Waals surface area contributed by atoms with Gasteiger partial charge < -0.3 is 10.1 Å². The molecule has 46 heavy (non-hydrogen) atoms. The number of ether oxygens (including phenoxy) is 1. The first-order valence-corrected chi connectivity index (χ1v) is 14.5. The molecule has 5 amide bonds. The first-order valence-electron chi connectivity index (χ1n) is 14.5. The Bertz CT molecular complexity index is 1800. The summed E-state index contributed by atoms with van der Waals surface area (Å²) in [6, 6.07) is 15.9. The van der Waals surface area contributed by atoms with Crippen LogP contribution in [0.3, 0.4) is 0 Å². The lowest BCUT2D eigenvalue weighted by Crippen LogP contribution is -2.54. The average Bonchev–Trinajstić information content (AvgIpc) is 3.30. The highest BCUT2D eigenvalue weighted by Crippen LogP contribution is 2.33. The minimum atomic E-state index is -1.14. The molecule has 13 heteroatoms. The maximum Gasteiger partial charge on any atom is 0.411 e. The van der Waals surface area contributed by atoms with Gasteiger partial charge in [-0.15, -0.1) is 0 Å². The number of anilines is 2. The largest absolute Gasteiger partial charge is 0.444 e. The van der Waals surface area contributed by atoms with Gasteiger partial charge in [0.2, 0.25) is 11.8 Å². The van der Waals surface area contributed by atoms with Crippen molar-refractivity contribution in [3.8, 4) is 0 Å². The van der Waals surface area contributed by atoms with E-state index in [9.17, 15) is 33.6 Å². The van der Waals surface area contributed by atoms with E-state index >= 15 is 0 Å². The number of carbonyl (C=O) groups excluding carboxylic acids is 7. The summed E-state index contributed by atoms with van der Waals surface area (Å²) in [4.78, 5) is 93.1. The Morgan fingerprint density at radius 1 is 0.935 bits per heavy atom. The predicted molar refractivity (Wildman–Crippen MR) is 161 cm³/mol. The summed E-state index contributed by atoms with van der Waals surface area (Å²) in [6.45, 7) is -0.178. The normalized spacial score (nSPS) is 19.5. The predicted octanol–water partition coefficient (Wildman–Crippen LogP) is 3.24. The van der Waals surface area contributed by atoms with Crippen LogP contribution in [0.2, 0.25) is 0 Å². The number of Topliss-reactive ketones (excluding diaryl/α,β-unsaturated/α-hetero) is 2. The van der Waals surface area contributed by atoms with Crippen molar-refractivity contribution < 1.29 is 38.3 Å². The number of imide groups is 2. The number of rotatable bonds is 7. The standard InChI is InChI=1S/C33H27N5O8/c39-25-13-20(19-5-2-1-3-6-19)14-26(40)22(25)16-35-27-11-9-18(15-34-27)17-46-33(45)36-23-8-4-7-21-29(23)32(44)38(31(21)43)24-10-12-28(41)37-30(24)42/h1-9,11,15-16,20,24H,10,12-14,17H2,(H,34,35)(H,36,45)(H,37,41,42). The molecular weight excluding hydrogens is 594 g/mol. The topological polar surface area (TPSA) is 181 Å². The van der Waals surface area contributed by atoms with E-state index in [0.29, 0.717) is 11.4 Å². The van der Waals surface area contributed by atoms with E-state index in [2.05, 4.69) is 20.9 Å². The van der Waals surface area contributed by atoms with Gasteiger partial charge >= 0.3 is 6.09 Å². The van der Waals surface area contributed by atoms with Gasteiger partial charge in [-0.1, -0.05) is 42.5 Å². The maximum atomic E-state index is 13.2. The minimum Gasteiger partial charge on any atom is -0.444 e. The number of benzene rings is 2. The fraction of sp³-hybridized carbons (Fsp3) is 0.212. The number of hydrogen-bond donors (Lipinski definition) is 3. The molecule has 3 aromatic rings. The van der Waals surface area contributed by atoms with Crippen molar-refractivity contribution in [2.24, 2.45) is 0 Å². The number of amides is 5. The molecule has 3 aliphatic rings. The lowest BCUT2D eigenvalue weighted by molar-refractivity contribution is -0.136. The van der Waals surface area contributed by atoms with Crippen LogP contribution in [0.4, 0.5) is 16.3 Å². The second kappa shape index (κ2) is 12.6. The number of nitrogens with zero attached hydrogens (tertiary/aromatic N) is 2. The molecule has 1 atom stereocenters. The van der Waals surface area contributed by atoms with E-state index in [4.69, 9.17) is 4.74 Å². The molecule has 1 aromatic heterocycles. The van der Waals surface area contributed by atoms with Crippen LogP contribution in [0.1, 0.15) is 63.4 Å². The highest BCUT2D eigenvalue weighted by Gasteiger charge is 2.45. The SMILES string of the molecule is O=C1CCC(N2C(=O)c3cccc(NC(=O)OCc4ccc(NC=C5C(=O)CC(c6ccccc6)CC5=O)nc4)c3C2=O)C(=O)N1. The van der Waals surface area contributed by atoms with Crippen LogP contribution >= 0.6 is 0 Å². The van der Waals surface area contributed by atoms with Gasteiger partial charge in [-0.3, -0.25) is 44.3 Å². The second-order valence-corrected chi connectivity index (χ2v) is 11.0. The Morgan fingerprint density at radius 2 is 1.70 bits per heavy atom. The smallest absolute Gasteiger partial charge is 0.411 e. The van der Waals surface area contributed by atoms with Gasteiger partial charge in [0.1, 0.15) is 18.5 Å². The van der Waals surface area contributed by atoms with Crippen LogP contribution in [-0.2, 0) is 30.5 Å². The second-order valence-electron chi connectivity index (χ2n) is 11.0. The van der Waals surface area contributed by atoms with Gasteiger partial charge in [0.15, 0.2) is 11.6 Å². The van der Waals surface area contributed by atoms with E-state index < -0.39 is 35.8 Å². The molecule has 13 nitrogen and oxygen atoms in total. The summed E-state index contributed by atoms with van der Waals surface area (Å²) in [7, 11) is 0. The van der Waals surface area contributed by atoms with E-state index in [0.717, 1.165) is 10.5 Å². The van der Waals surface area contributed by atoms with Crippen molar-refractivity contribution in [3.63, 3.8) is 0 Å². The highest BCUT2D eigenvalue weighted by atomic mass is 16.5. The molecule has 1 unspecified atom stereocenters. The van der Waals surface area contributed by atoms with Crippen LogP contribution in [0.25, 0.3) is 0 Å². The van der Waals surface area contributed by atoms with Crippen molar-refractivity contribution >= 4 is 52.8 Å². The van der Waals surface area contributed by atoms with Gasteiger partial charge in [0.25, 0.3) is 11.8 Å². The van der Waals surface area contributed by atoms with Crippen molar-refractivity contribution in [1.29, 1.82) is 0 Å². The summed E-state index contributed by atoms with van der Waals surface area (Å²) >= 11 is 0. The third-order valence-corrected chi connectivity index (χ3v) is 8.00. The third-order valence-electron chi connectivity index (χ3n) is 8.00. The third kappa shape index (κ3) is 6.02. The lowest BCUT2D eigenvalue weighted by Gasteiger charge is -2.27. The van der Waals surface area contributed by atoms with Gasteiger partial charge in [-0.2, -0.15) is 0 Å². The van der Waals surface area contributed by atoms with Crippen LogP contribution in [0.15, 0.2) is 78.6 Å². The Balaban J connectivity index is 1.03. The number of hydrogen-bond acceptors (Lipinski definition) is 10. The van der Waals surface area contributed by atoms with Gasteiger partial charge in [-0.05, 0) is 36.1 Å². The molecule has 1 aliphatic carbocycles. The van der Waals surface area contributed by atoms with Crippen molar-refractivity contribution in [2.45, 2.75) is 44.2 Å². The number of carbonyl (C=O) groups is 7. The van der Waals surface area contributed by atoms with E-state index in [-0.39, 0.29) is 72.2 Å². The average molecular weight is 622 g/mol. The molecule has 232 valence electrons. The minimum absolute atomic E-state index is 0.00611. The van der Waals surface area contributed by atoms with Crippen LogP contribution < -0.4 is 16.0 Å². The first kappa shape index (κ1) is 30.1. The van der Waals surface area contributed by atoms with Crippen LogP contribution in [-0.4, -0.2) is 57.2 Å². The molecule has 2 aliphatic heterocycles. The molecule has 2 aromatic carbocycles. The Morgan fingerprint density at radius 3 is 2.39 bits per heavy atom. The quantitative estimate of drug-likeness (QED) is 0.201. The maximum absolute atomic E-state index is 13.2. The molecule has 0 spiro atoms. The van der Waals surface area contributed by atoms with Gasteiger partial charge in [0, 0.05) is 37.2 Å². The van der Waals surface area contributed by atoms with Crippen molar-refractivity contribution in [3.05, 3.63) is 101 Å². The molecule has 0 bridgehead atoms. The fourth-order valence-corrected chi connectivity index (χ4v) is 5.67. The summed E-state index contributed by atoms with van der Waals surface area (Å²) in [6.07, 6.45) is 2.38. The number of fused-ring (bicyclic) bond motifs is 1. The van der Waals surface area contributed by atoms with E-state index in [1.165, 1.54) is 30.6 Å². The number of pyridine rings is 1. The number of ketones is 2. The zero-order valence-electron chi connectivity index (χ0n) is 24.3. The Labute approximate surface area is 262 Å². The van der Waals surface area contributed by atoms with E-state index in [1.54, 1.807) is 12.1 Å². The molecular formula is C33H27N5O8. The van der Waals surface area contributed by atoms with Gasteiger partial charge in [0.05, 0.1) is 22.4 Å². The molecule has 2 fully saturated rings. The van der Waals surface area contributed by atoms with Gasteiger partial charge in [-0.25, -0.2) is 9.78 Å². The van der Waals surface area contributed by atoms with E-state index in [1.807, 2.05) is 30.3 Å². The highest BCUT2D eigenvalue weighted by molar-refractivity contribution is 6.26. The Kier molecular flexibility index (Phi) is 8.21. The molecule has 1 saturated heterocycles. The fourth-order valence-electron chi connectivity index (χ4n) is 5.67. The molecule has 6 rings (SSSR count). The summed E-state index contributed by atoms with van der Waals surface area (Å²) in [5.41, 5.74) is 1.54. The monoisotopic (exact) mass is 621 g/mol. The molecule has 3 heterocycles. The van der Waals surface area contributed by atoms with Crippen LogP contribution in [0, 0.1) is 0 Å². The molecule has 3 N–H and O–H groups in total. The van der Waals surface area contributed by atoms with Crippen molar-refractivity contribution in [1.82, 2.24) is 15.2 Å². The zero-order valence-corrected chi connectivity index (χ0v) is 24.3. The summed E-state index contributed by atoms with van der Waals surface area (Å²) < 4.78 is 5.27.